The number of para-hydroxylation sites is 1. The third kappa shape index (κ3) is 6.04. The maximum Gasteiger partial charge on any atom is 0.266 e. The van der Waals surface area contributed by atoms with Crippen LogP contribution in [0.25, 0.3) is 16.6 Å². The van der Waals surface area contributed by atoms with Crippen LogP contribution >= 0.6 is 0 Å². The molecule has 1 amide bonds. The van der Waals surface area contributed by atoms with Crippen LogP contribution in [0.1, 0.15) is 54.2 Å². The van der Waals surface area contributed by atoms with E-state index in [0.717, 1.165) is 22.4 Å². The van der Waals surface area contributed by atoms with Crippen LogP contribution in [-0.4, -0.2) is 40.6 Å². The largest absolute Gasteiger partial charge is 0.385 e. The van der Waals surface area contributed by atoms with E-state index < -0.39 is 12.0 Å². The second-order valence-electron chi connectivity index (χ2n) is 10.5. The molecular weight excluding hydrogens is 522 g/mol. The monoisotopic (exact) mass is 559 g/mol. The van der Waals surface area contributed by atoms with Crippen molar-refractivity contribution >= 4 is 16.8 Å². The Morgan fingerprint density at radius 1 is 0.857 bits per heavy atom. The first-order valence-corrected chi connectivity index (χ1v) is 14.5. The Bertz CT molecular complexity index is 1640. The van der Waals surface area contributed by atoms with Gasteiger partial charge in [-0.2, -0.15) is 0 Å². The molecule has 1 heterocycles. The molecule has 6 heteroatoms. The van der Waals surface area contributed by atoms with Crippen molar-refractivity contribution in [1.29, 1.82) is 0 Å². The van der Waals surface area contributed by atoms with E-state index in [1.165, 1.54) is 0 Å². The van der Waals surface area contributed by atoms with Crippen molar-refractivity contribution in [3.8, 4) is 5.69 Å². The Hall–Kier alpha value is -4.55. The summed E-state index contributed by atoms with van der Waals surface area (Å²) in [6.45, 7) is 5.03. The van der Waals surface area contributed by atoms with E-state index in [9.17, 15) is 9.59 Å². The number of carbonyl (C=O) groups is 1. The van der Waals surface area contributed by atoms with Crippen LogP contribution in [0.5, 0.6) is 0 Å². The second-order valence-corrected chi connectivity index (χ2v) is 10.5. The molecule has 0 spiro atoms. The summed E-state index contributed by atoms with van der Waals surface area (Å²) in [6.07, 6.45) is 1.23. The Balaban J connectivity index is 1.71. The molecule has 1 unspecified atom stereocenters. The lowest BCUT2D eigenvalue weighted by Gasteiger charge is -2.35. The molecule has 0 radical (unpaired) electrons. The molecule has 0 fully saturated rings. The van der Waals surface area contributed by atoms with Crippen LogP contribution in [0.3, 0.4) is 0 Å². The zero-order chi connectivity index (χ0) is 29.5. The summed E-state index contributed by atoms with van der Waals surface area (Å²) in [6, 6.07) is 34.6. The van der Waals surface area contributed by atoms with E-state index >= 15 is 0 Å². The van der Waals surface area contributed by atoms with Crippen molar-refractivity contribution in [2.24, 2.45) is 0 Å². The number of ether oxygens (including phenoxy) is 1. The normalized spacial score (nSPS) is 12.0. The van der Waals surface area contributed by atoms with Gasteiger partial charge in [0.2, 0.25) is 5.91 Å². The number of hydrogen-bond donors (Lipinski definition) is 0. The molecule has 1 aromatic heterocycles. The zero-order valence-corrected chi connectivity index (χ0v) is 24.4. The molecule has 5 aromatic rings. The molecule has 4 aromatic carbocycles. The summed E-state index contributed by atoms with van der Waals surface area (Å²) in [7, 11) is 1.67. The van der Waals surface area contributed by atoms with E-state index in [0.29, 0.717) is 42.7 Å². The molecule has 6 nitrogen and oxygen atoms in total. The highest BCUT2D eigenvalue weighted by atomic mass is 16.5. The summed E-state index contributed by atoms with van der Waals surface area (Å²) in [5.41, 5.74) is 4.13. The summed E-state index contributed by atoms with van der Waals surface area (Å²) in [4.78, 5) is 35.9. The number of aromatic nitrogens is 2. The van der Waals surface area contributed by atoms with Crippen LogP contribution in [0.4, 0.5) is 0 Å². The van der Waals surface area contributed by atoms with E-state index in [2.05, 4.69) is 0 Å². The number of benzene rings is 4. The van der Waals surface area contributed by atoms with Crippen LogP contribution in [0.2, 0.25) is 0 Å². The molecule has 0 aliphatic heterocycles. The van der Waals surface area contributed by atoms with Gasteiger partial charge in [0.15, 0.2) is 0 Å². The van der Waals surface area contributed by atoms with Crippen molar-refractivity contribution in [2.75, 3.05) is 20.3 Å². The van der Waals surface area contributed by atoms with Crippen molar-refractivity contribution < 1.29 is 9.53 Å². The van der Waals surface area contributed by atoms with Gasteiger partial charge in [0.05, 0.1) is 28.6 Å². The molecule has 0 saturated heterocycles. The third-order valence-electron chi connectivity index (χ3n) is 7.70. The molecule has 0 bridgehead atoms. The van der Waals surface area contributed by atoms with Crippen LogP contribution in [0, 0.1) is 6.92 Å². The smallest absolute Gasteiger partial charge is 0.266 e. The van der Waals surface area contributed by atoms with Crippen molar-refractivity contribution in [3.63, 3.8) is 0 Å². The van der Waals surface area contributed by atoms with Crippen molar-refractivity contribution in [3.05, 3.63) is 142 Å². The quantitative estimate of drug-likeness (QED) is 0.166. The van der Waals surface area contributed by atoms with E-state index in [-0.39, 0.29) is 11.5 Å². The minimum Gasteiger partial charge on any atom is -0.385 e. The average Bonchev–Trinajstić information content (AvgIpc) is 3.02. The van der Waals surface area contributed by atoms with Gasteiger partial charge >= 0.3 is 0 Å². The Morgan fingerprint density at radius 3 is 2.05 bits per heavy atom. The number of hydrogen-bond acceptors (Lipinski definition) is 4. The Labute approximate surface area is 247 Å². The highest BCUT2D eigenvalue weighted by molar-refractivity contribution is 5.87. The predicted octanol–water partition coefficient (Wildman–Crippen LogP) is 6.84. The topological polar surface area (TPSA) is 64.4 Å². The highest BCUT2D eigenvalue weighted by Crippen LogP contribution is 2.33. The Morgan fingerprint density at radius 2 is 1.45 bits per heavy atom. The lowest BCUT2D eigenvalue weighted by molar-refractivity contribution is -0.135. The number of rotatable bonds is 11. The second kappa shape index (κ2) is 13.4. The number of aryl methyl sites for hydroxylation is 1. The molecule has 0 aliphatic rings. The van der Waals surface area contributed by atoms with Crippen LogP contribution in [0.15, 0.2) is 114 Å². The number of amides is 1. The van der Waals surface area contributed by atoms with Gasteiger partial charge in [0.25, 0.3) is 5.56 Å². The van der Waals surface area contributed by atoms with Gasteiger partial charge in [-0.3, -0.25) is 14.2 Å². The van der Waals surface area contributed by atoms with E-state index in [1.54, 1.807) is 11.7 Å². The Kier molecular flexibility index (Phi) is 9.25. The van der Waals surface area contributed by atoms with Gasteiger partial charge in [0.1, 0.15) is 5.82 Å². The molecule has 5 rings (SSSR count). The van der Waals surface area contributed by atoms with Crippen molar-refractivity contribution in [1.82, 2.24) is 14.5 Å². The first kappa shape index (κ1) is 29.0. The molecule has 1 atom stereocenters. The predicted molar refractivity (Wildman–Crippen MR) is 168 cm³/mol. The molecule has 0 saturated carbocycles. The van der Waals surface area contributed by atoms with Gasteiger partial charge in [-0.1, -0.05) is 97.4 Å². The number of nitrogens with zero attached hydrogens (tertiary/aromatic N) is 3. The van der Waals surface area contributed by atoms with Crippen LogP contribution in [-0.2, 0) is 9.53 Å². The van der Waals surface area contributed by atoms with Gasteiger partial charge in [0, 0.05) is 20.3 Å². The molecular formula is C36H37N3O3. The minimum absolute atomic E-state index is 0.0341. The summed E-state index contributed by atoms with van der Waals surface area (Å²) < 4.78 is 7.08. The maximum atomic E-state index is 14.8. The SMILES string of the molecule is CCC(c1nc2ccccc2c(=O)n1-c1ccc(C)cc1)N(CCCOC)C(=O)C(c1ccccc1)c1ccccc1. The first-order chi connectivity index (χ1) is 20.5. The average molecular weight is 560 g/mol. The summed E-state index contributed by atoms with van der Waals surface area (Å²) >= 11 is 0. The fraction of sp³-hybridized carbons (Fsp3) is 0.250. The minimum atomic E-state index is -0.510. The fourth-order valence-electron chi connectivity index (χ4n) is 5.59. The fourth-order valence-corrected chi connectivity index (χ4v) is 5.59. The lowest BCUT2D eigenvalue weighted by atomic mass is 9.89. The molecule has 214 valence electrons. The van der Waals surface area contributed by atoms with Gasteiger partial charge < -0.3 is 9.64 Å². The van der Waals surface area contributed by atoms with E-state index in [1.807, 2.05) is 128 Å². The van der Waals surface area contributed by atoms with Gasteiger partial charge in [-0.15, -0.1) is 0 Å². The molecule has 0 N–H and O–H groups in total. The lowest BCUT2D eigenvalue weighted by Crippen LogP contribution is -2.42. The highest BCUT2D eigenvalue weighted by Gasteiger charge is 2.34. The van der Waals surface area contributed by atoms with Gasteiger partial charge in [-0.25, -0.2) is 4.98 Å². The molecule has 0 aliphatic carbocycles. The number of carbonyl (C=O) groups excluding carboxylic acids is 1. The van der Waals surface area contributed by atoms with Crippen molar-refractivity contribution in [2.45, 2.75) is 38.6 Å². The van der Waals surface area contributed by atoms with E-state index in [4.69, 9.17) is 9.72 Å². The molecule has 42 heavy (non-hydrogen) atoms. The summed E-state index contributed by atoms with van der Waals surface area (Å²) in [5.74, 6) is 0.00732. The standard InChI is InChI=1S/C36H37N3O3/c1-4-32(34-37-31-19-12-11-18-30(31)35(40)39(34)29-22-20-26(2)21-23-29)38(24-13-25-42-3)36(41)33(27-14-7-5-8-15-27)28-16-9-6-10-17-28/h5-12,14-23,32-33H,4,13,24-25H2,1-3H3. The number of methoxy groups -OCH3 is 1. The van der Waals surface area contributed by atoms with Crippen LogP contribution < -0.4 is 5.56 Å². The first-order valence-electron chi connectivity index (χ1n) is 14.5. The third-order valence-corrected chi connectivity index (χ3v) is 7.70. The summed E-state index contributed by atoms with van der Waals surface area (Å²) in [5, 5.41) is 0.542. The maximum absolute atomic E-state index is 14.8. The number of fused-ring (bicyclic) bond motifs is 1. The van der Waals surface area contributed by atoms with Gasteiger partial charge in [-0.05, 0) is 55.2 Å². The zero-order valence-electron chi connectivity index (χ0n) is 24.4.